The Bertz CT molecular complexity index is 2910. The Balaban J connectivity index is 1.09. The monoisotopic (exact) mass is 754 g/mol. The van der Waals surface area contributed by atoms with Gasteiger partial charge in [-0.1, -0.05) is 171 Å². The number of benzene rings is 8. The van der Waals surface area contributed by atoms with Crippen molar-refractivity contribution in [1.82, 2.24) is 0 Å². The Hall–Kier alpha value is -5.94. The first kappa shape index (κ1) is 32.3. The molecule has 0 atom stereocenters. The standard InChI is InChI=1S/C52H34O2S2/c1-51(2)37-20-10-9-18-35(37)46-38(51)26-28-45-50(46)54-48-34(19-13-23-43(48)56-45)31-24-25-36-40(30-31)52(32-14-5-3-6-15-32,33-16-7-4-8-17-33)39-27-29-44-49(47(36)39)53-41-21-11-12-22-42(41)55-44/h3-30H,1-2H3. The predicted molar refractivity (Wildman–Crippen MR) is 228 cm³/mol. The van der Waals surface area contributed by atoms with Crippen LogP contribution in [0.4, 0.5) is 0 Å². The van der Waals surface area contributed by atoms with E-state index in [0.29, 0.717) is 0 Å². The molecule has 0 unspecified atom stereocenters. The third-order valence-electron chi connectivity index (χ3n) is 12.3. The van der Waals surface area contributed by atoms with E-state index in [4.69, 9.17) is 9.47 Å². The quantitative estimate of drug-likeness (QED) is 0.179. The first-order valence-electron chi connectivity index (χ1n) is 19.2. The Kier molecular flexibility index (Phi) is 6.80. The van der Waals surface area contributed by atoms with Crippen LogP contribution in [0.25, 0.3) is 33.4 Å². The lowest BCUT2D eigenvalue weighted by Gasteiger charge is -2.34. The molecule has 4 heteroatoms. The molecule has 0 amide bonds. The molecule has 0 radical (unpaired) electrons. The topological polar surface area (TPSA) is 18.5 Å². The van der Waals surface area contributed by atoms with Crippen LogP contribution in [0.1, 0.15) is 47.2 Å². The molecule has 0 N–H and O–H groups in total. The number of hydrogen-bond acceptors (Lipinski definition) is 4. The third kappa shape index (κ3) is 4.31. The van der Waals surface area contributed by atoms with Crippen LogP contribution in [-0.2, 0) is 10.8 Å². The second-order valence-corrected chi connectivity index (χ2v) is 17.7. The summed E-state index contributed by atoms with van der Waals surface area (Å²) in [6.45, 7) is 4.65. The van der Waals surface area contributed by atoms with E-state index in [9.17, 15) is 0 Å². The van der Waals surface area contributed by atoms with Crippen molar-refractivity contribution in [2.45, 2.75) is 44.3 Å². The highest BCUT2D eigenvalue weighted by molar-refractivity contribution is 8.00. The number of fused-ring (bicyclic) bond motifs is 12. The molecule has 4 aliphatic rings. The Morgan fingerprint density at radius 2 is 0.964 bits per heavy atom. The molecule has 56 heavy (non-hydrogen) atoms. The minimum absolute atomic E-state index is 0.106. The molecular weight excluding hydrogens is 721 g/mol. The van der Waals surface area contributed by atoms with Crippen LogP contribution >= 0.6 is 23.5 Å². The maximum absolute atomic E-state index is 7.22. The van der Waals surface area contributed by atoms with E-state index >= 15 is 0 Å². The average Bonchev–Trinajstić information content (AvgIpc) is 3.68. The normalized spacial score (nSPS) is 15.4. The maximum atomic E-state index is 7.22. The van der Waals surface area contributed by atoms with Crippen molar-refractivity contribution in [1.29, 1.82) is 0 Å². The minimum Gasteiger partial charge on any atom is -0.454 e. The molecule has 0 spiro atoms. The average molecular weight is 755 g/mol. The molecule has 0 aromatic heterocycles. The summed E-state index contributed by atoms with van der Waals surface area (Å²) < 4.78 is 14.1. The third-order valence-corrected chi connectivity index (χ3v) is 14.5. The highest BCUT2D eigenvalue weighted by atomic mass is 32.2. The van der Waals surface area contributed by atoms with Crippen molar-refractivity contribution < 1.29 is 9.47 Å². The van der Waals surface area contributed by atoms with Gasteiger partial charge >= 0.3 is 0 Å². The molecule has 8 aromatic rings. The lowest BCUT2D eigenvalue weighted by molar-refractivity contribution is 0.456. The summed E-state index contributed by atoms with van der Waals surface area (Å²) in [4.78, 5) is 4.55. The summed E-state index contributed by atoms with van der Waals surface area (Å²) in [5, 5.41) is 0. The maximum Gasteiger partial charge on any atom is 0.149 e. The summed E-state index contributed by atoms with van der Waals surface area (Å²) in [7, 11) is 0. The van der Waals surface area contributed by atoms with Crippen LogP contribution in [0.15, 0.2) is 189 Å². The fourth-order valence-corrected chi connectivity index (χ4v) is 11.8. The molecule has 12 rings (SSSR count). The van der Waals surface area contributed by atoms with Gasteiger partial charge in [-0.15, -0.1) is 0 Å². The Morgan fingerprint density at radius 3 is 1.75 bits per heavy atom. The van der Waals surface area contributed by atoms with Crippen LogP contribution in [0.3, 0.4) is 0 Å². The van der Waals surface area contributed by atoms with Gasteiger partial charge in [0.25, 0.3) is 0 Å². The molecule has 0 bridgehead atoms. The summed E-state index contributed by atoms with van der Waals surface area (Å²) in [6, 6.07) is 62.0. The fourth-order valence-electron chi connectivity index (χ4n) is 9.80. The molecule has 0 saturated heterocycles. The van der Waals surface area contributed by atoms with E-state index in [0.717, 1.165) is 59.3 Å². The van der Waals surface area contributed by atoms with Gasteiger partial charge in [0.05, 0.1) is 25.0 Å². The van der Waals surface area contributed by atoms with Gasteiger partial charge in [0.1, 0.15) is 23.0 Å². The van der Waals surface area contributed by atoms with E-state index in [1.165, 1.54) is 50.1 Å². The largest absolute Gasteiger partial charge is 0.454 e. The van der Waals surface area contributed by atoms with E-state index in [2.05, 4.69) is 184 Å². The van der Waals surface area contributed by atoms with Crippen LogP contribution in [0.5, 0.6) is 23.0 Å². The van der Waals surface area contributed by atoms with Gasteiger partial charge in [0, 0.05) is 22.1 Å². The number of ether oxygens (including phenoxy) is 2. The predicted octanol–water partition coefficient (Wildman–Crippen LogP) is 14.5. The highest BCUT2D eigenvalue weighted by Gasteiger charge is 2.48. The molecule has 2 aliphatic heterocycles. The zero-order valence-electron chi connectivity index (χ0n) is 30.8. The van der Waals surface area contributed by atoms with Gasteiger partial charge in [0.2, 0.25) is 0 Å². The summed E-state index contributed by atoms with van der Waals surface area (Å²) >= 11 is 3.59. The lowest BCUT2D eigenvalue weighted by Crippen LogP contribution is -2.28. The van der Waals surface area contributed by atoms with E-state index in [1.807, 2.05) is 0 Å². The zero-order chi connectivity index (χ0) is 37.2. The van der Waals surface area contributed by atoms with Gasteiger partial charge in [-0.05, 0) is 86.5 Å². The number of para-hydroxylation sites is 2. The second-order valence-electron chi connectivity index (χ2n) is 15.5. The van der Waals surface area contributed by atoms with Crippen LogP contribution in [0, 0.1) is 0 Å². The van der Waals surface area contributed by atoms with Gasteiger partial charge in [-0.25, -0.2) is 0 Å². The lowest BCUT2D eigenvalue weighted by atomic mass is 9.67. The van der Waals surface area contributed by atoms with Crippen molar-refractivity contribution in [2.75, 3.05) is 0 Å². The first-order valence-corrected chi connectivity index (χ1v) is 20.8. The van der Waals surface area contributed by atoms with Crippen molar-refractivity contribution in [3.05, 3.63) is 203 Å². The molecule has 0 fully saturated rings. The first-order chi connectivity index (χ1) is 27.5. The smallest absolute Gasteiger partial charge is 0.149 e. The molecule has 2 aliphatic carbocycles. The van der Waals surface area contributed by atoms with E-state index in [-0.39, 0.29) is 5.41 Å². The van der Waals surface area contributed by atoms with Gasteiger partial charge in [-0.3, -0.25) is 0 Å². The fraction of sp³-hybridized carbons (Fsp3) is 0.0769. The molecular formula is C52H34O2S2. The summed E-state index contributed by atoms with van der Waals surface area (Å²) in [6.07, 6.45) is 0. The van der Waals surface area contributed by atoms with E-state index in [1.54, 1.807) is 23.5 Å². The molecule has 8 aromatic carbocycles. The Labute approximate surface area is 335 Å². The van der Waals surface area contributed by atoms with Crippen molar-refractivity contribution in [3.8, 4) is 56.4 Å². The van der Waals surface area contributed by atoms with E-state index < -0.39 is 5.41 Å². The summed E-state index contributed by atoms with van der Waals surface area (Å²) in [5.74, 6) is 3.70. The van der Waals surface area contributed by atoms with Crippen LogP contribution in [-0.4, -0.2) is 0 Å². The van der Waals surface area contributed by atoms with Crippen molar-refractivity contribution in [2.24, 2.45) is 0 Å². The minimum atomic E-state index is -0.587. The Morgan fingerprint density at radius 1 is 0.393 bits per heavy atom. The highest BCUT2D eigenvalue weighted by Crippen LogP contribution is 2.64. The van der Waals surface area contributed by atoms with Crippen molar-refractivity contribution >= 4 is 23.5 Å². The molecule has 2 heterocycles. The SMILES string of the molecule is CC1(C)c2ccccc2-c2c1ccc1c2Oc2c(cccc2-c2ccc3c(c2)C(c2ccccc2)(c2ccccc2)c2ccc4c(c2-3)Oc2ccccc2S4)S1. The number of hydrogen-bond donors (Lipinski definition) is 0. The molecule has 0 saturated carbocycles. The second kappa shape index (κ2) is 11.8. The summed E-state index contributed by atoms with van der Waals surface area (Å²) in [5.41, 5.74) is 13.9. The zero-order valence-corrected chi connectivity index (χ0v) is 32.4. The van der Waals surface area contributed by atoms with Gasteiger partial charge in [0.15, 0.2) is 0 Å². The molecule has 266 valence electrons. The molecule has 2 nitrogen and oxygen atoms in total. The van der Waals surface area contributed by atoms with Gasteiger partial charge in [-0.2, -0.15) is 0 Å². The number of rotatable bonds is 3. The van der Waals surface area contributed by atoms with Crippen LogP contribution < -0.4 is 9.47 Å². The van der Waals surface area contributed by atoms with Crippen molar-refractivity contribution in [3.63, 3.8) is 0 Å². The van der Waals surface area contributed by atoms with Gasteiger partial charge < -0.3 is 9.47 Å². The van der Waals surface area contributed by atoms with Crippen LogP contribution in [0.2, 0.25) is 0 Å².